The van der Waals surface area contributed by atoms with Crippen molar-refractivity contribution < 1.29 is 28.4 Å². The van der Waals surface area contributed by atoms with Crippen molar-refractivity contribution in [1.29, 1.82) is 5.26 Å². The third kappa shape index (κ3) is 4.74. The van der Waals surface area contributed by atoms with E-state index >= 15 is 0 Å². The van der Waals surface area contributed by atoms with Gasteiger partial charge < -0.3 is 24.6 Å². The molecule has 2 saturated heterocycles. The normalized spacial score (nSPS) is 20.5. The lowest BCUT2D eigenvalue weighted by Gasteiger charge is -2.32. The number of benzene rings is 2. The Morgan fingerprint density at radius 3 is 2.46 bits per heavy atom. The molecule has 0 radical (unpaired) electrons. The number of nitrogens with zero attached hydrogens (tertiary/aromatic N) is 2. The molecule has 2 amide bonds. The molecule has 8 nitrogen and oxygen atoms in total. The summed E-state index contributed by atoms with van der Waals surface area (Å²) in [7, 11) is -0.742. The van der Waals surface area contributed by atoms with Crippen molar-refractivity contribution in [2.45, 2.75) is 51.4 Å². The molecule has 1 atom stereocenters. The van der Waals surface area contributed by atoms with Gasteiger partial charge in [0.2, 0.25) is 0 Å². The van der Waals surface area contributed by atoms with Gasteiger partial charge in [-0.15, -0.1) is 0 Å². The SMILES string of the molecule is CC1(C)OB(c2ccc(C(=O)N3CC[C@H](NC(=O)O)C3)cc2-c2ccc(C#N)c(F)c2)OC1(C)C. The highest BCUT2D eigenvalue weighted by Crippen LogP contribution is 2.37. The molecule has 0 unspecified atom stereocenters. The molecular weight excluding hydrogens is 452 g/mol. The maximum Gasteiger partial charge on any atom is 0.495 e. The lowest BCUT2D eigenvalue weighted by Crippen LogP contribution is -2.41. The van der Waals surface area contributed by atoms with E-state index in [0.29, 0.717) is 35.1 Å². The number of nitrogens with one attached hydrogen (secondary N) is 1. The van der Waals surface area contributed by atoms with Crippen molar-refractivity contribution in [1.82, 2.24) is 10.2 Å². The van der Waals surface area contributed by atoms with Crippen molar-refractivity contribution in [2.24, 2.45) is 0 Å². The lowest BCUT2D eigenvalue weighted by molar-refractivity contribution is 0.00578. The van der Waals surface area contributed by atoms with E-state index in [-0.39, 0.29) is 24.1 Å². The minimum Gasteiger partial charge on any atom is -0.465 e. The van der Waals surface area contributed by atoms with Gasteiger partial charge in [0, 0.05) is 18.7 Å². The molecule has 2 aliphatic rings. The number of carbonyl (C=O) groups is 2. The molecule has 0 aliphatic carbocycles. The van der Waals surface area contributed by atoms with E-state index in [1.165, 1.54) is 12.1 Å². The highest BCUT2D eigenvalue weighted by atomic mass is 19.1. The third-order valence-corrected chi connectivity index (χ3v) is 7.01. The highest BCUT2D eigenvalue weighted by Gasteiger charge is 2.52. The Labute approximate surface area is 203 Å². The molecule has 0 bridgehead atoms. The Morgan fingerprint density at radius 1 is 1.17 bits per heavy atom. The zero-order chi connectivity index (χ0) is 25.5. The van der Waals surface area contributed by atoms with Crippen LogP contribution in [0.4, 0.5) is 9.18 Å². The molecule has 2 fully saturated rings. The highest BCUT2D eigenvalue weighted by molar-refractivity contribution is 6.64. The minimum absolute atomic E-state index is 0.0767. The van der Waals surface area contributed by atoms with Crippen molar-refractivity contribution in [3.8, 4) is 17.2 Å². The zero-order valence-corrected chi connectivity index (χ0v) is 20.1. The summed E-state index contributed by atoms with van der Waals surface area (Å²) in [5.74, 6) is -0.917. The number of carboxylic acid groups (broad SMARTS) is 1. The minimum atomic E-state index is -1.12. The van der Waals surface area contributed by atoms with E-state index < -0.39 is 30.2 Å². The fourth-order valence-corrected chi connectivity index (χ4v) is 4.31. The Hall–Kier alpha value is -3.42. The van der Waals surface area contributed by atoms with E-state index in [4.69, 9.17) is 19.7 Å². The topological polar surface area (TPSA) is 112 Å². The smallest absolute Gasteiger partial charge is 0.465 e. The monoisotopic (exact) mass is 479 g/mol. The fourth-order valence-electron chi connectivity index (χ4n) is 4.31. The Balaban J connectivity index is 1.72. The maximum atomic E-state index is 14.5. The Kier molecular flexibility index (Phi) is 6.34. The van der Waals surface area contributed by atoms with Crippen molar-refractivity contribution >= 4 is 24.6 Å². The van der Waals surface area contributed by atoms with Crippen LogP contribution in [-0.4, -0.2) is 59.5 Å². The Morgan fingerprint density at radius 2 is 1.86 bits per heavy atom. The van der Waals surface area contributed by atoms with E-state index in [2.05, 4.69) is 5.32 Å². The number of hydrogen-bond donors (Lipinski definition) is 2. The van der Waals surface area contributed by atoms with Crippen molar-refractivity contribution in [3.63, 3.8) is 0 Å². The van der Waals surface area contributed by atoms with Crippen LogP contribution in [0.15, 0.2) is 36.4 Å². The number of amides is 2. The molecule has 0 saturated carbocycles. The molecule has 10 heteroatoms. The largest absolute Gasteiger partial charge is 0.495 e. The molecule has 0 aromatic heterocycles. The van der Waals surface area contributed by atoms with Crippen LogP contribution in [0.2, 0.25) is 0 Å². The van der Waals surface area contributed by atoms with Gasteiger partial charge in [-0.1, -0.05) is 12.1 Å². The van der Waals surface area contributed by atoms with Crippen LogP contribution in [0.1, 0.15) is 50.0 Å². The van der Waals surface area contributed by atoms with Crippen LogP contribution in [0.3, 0.4) is 0 Å². The van der Waals surface area contributed by atoms with Crippen molar-refractivity contribution in [2.75, 3.05) is 13.1 Å². The van der Waals surface area contributed by atoms with Gasteiger partial charge in [-0.05, 0) is 75.0 Å². The maximum absolute atomic E-state index is 14.5. The van der Waals surface area contributed by atoms with Gasteiger partial charge in [-0.3, -0.25) is 4.79 Å². The summed E-state index contributed by atoms with van der Waals surface area (Å²) in [5, 5.41) is 20.5. The molecule has 2 heterocycles. The molecule has 2 aliphatic heterocycles. The summed E-state index contributed by atoms with van der Waals surface area (Å²) in [6, 6.07) is 10.9. The predicted molar refractivity (Wildman–Crippen MR) is 128 cm³/mol. The molecular formula is C25H27BFN3O5. The summed E-state index contributed by atoms with van der Waals surface area (Å²) in [6.45, 7) is 8.41. The first-order valence-corrected chi connectivity index (χ1v) is 11.4. The van der Waals surface area contributed by atoms with Gasteiger partial charge in [0.1, 0.15) is 11.9 Å². The first kappa shape index (κ1) is 24.7. The summed E-state index contributed by atoms with van der Waals surface area (Å²) in [5.41, 5.74) is 0.775. The van der Waals surface area contributed by atoms with Gasteiger partial charge in [0.05, 0.1) is 22.8 Å². The molecule has 2 aromatic carbocycles. The van der Waals surface area contributed by atoms with Gasteiger partial charge in [-0.25, -0.2) is 9.18 Å². The standard InChI is InChI=1S/C25H27BFN3O5/c1-24(2)25(3,4)35-26(34-24)20-8-7-16(22(31)30-10-9-18(14-30)29-23(32)33)11-19(20)15-5-6-17(13-28)21(27)12-15/h5-8,11-12,18,29H,9-10,14H2,1-4H3,(H,32,33)/t18-/m0/s1. The number of hydrogen-bond acceptors (Lipinski definition) is 5. The van der Waals surface area contributed by atoms with E-state index in [1.807, 2.05) is 33.8 Å². The second-order valence-electron chi connectivity index (χ2n) is 9.88. The van der Waals surface area contributed by atoms with Crippen LogP contribution in [0, 0.1) is 17.1 Å². The van der Waals surface area contributed by atoms with Crippen LogP contribution in [-0.2, 0) is 9.31 Å². The molecule has 2 aromatic rings. The van der Waals surface area contributed by atoms with Gasteiger partial charge >= 0.3 is 13.2 Å². The zero-order valence-electron chi connectivity index (χ0n) is 20.1. The first-order chi connectivity index (χ1) is 16.4. The third-order valence-electron chi connectivity index (χ3n) is 7.01. The summed E-state index contributed by atoms with van der Waals surface area (Å²) in [4.78, 5) is 25.8. The van der Waals surface area contributed by atoms with Crippen LogP contribution in [0.5, 0.6) is 0 Å². The Bertz CT molecular complexity index is 1210. The second-order valence-corrected chi connectivity index (χ2v) is 9.88. The van der Waals surface area contributed by atoms with Gasteiger partial charge in [0.15, 0.2) is 0 Å². The van der Waals surface area contributed by atoms with E-state index in [0.717, 1.165) is 0 Å². The fraction of sp³-hybridized carbons (Fsp3) is 0.400. The van der Waals surface area contributed by atoms with Gasteiger partial charge in [-0.2, -0.15) is 5.26 Å². The average molecular weight is 479 g/mol. The van der Waals surface area contributed by atoms with Crippen molar-refractivity contribution in [3.05, 3.63) is 53.3 Å². The lowest BCUT2D eigenvalue weighted by atomic mass is 9.73. The summed E-state index contributed by atoms with van der Waals surface area (Å²) < 4.78 is 27.0. The second kappa shape index (κ2) is 8.98. The summed E-state index contributed by atoms with van der Waals surface area (Å²) in [6.07, 6.45) is -0.598. The number of rotatable bonds is 4. The molecule has 182 valence electrons. The van der Waals surface area contributed by atoms with Crippen LogP contribution >= 0.6 is 0 Å². The number of likely N-dealkylation sites (tertiary alicyclic amines) is 1. The molecule has 2 N–H and O–H groups in total. The van der Waals surface area contributed by atoms with Crippen LogP contribution < -0.4 is 10.8 Å². The number of carbonyl (C=O) groups excluding carboxylic acids is 1. The molecule has 0 spiro atoms. The molecule has 4 rings (SSSR count). The van der Waals surface area contributed by atoms with E-state index in [9.17, 15) is 14.0 Å². The number of nitriles is 1. The average Bonchev–Trinajstić information content (AvgIpc) is 3.33. The van der Waals surface area contributed by atoms with E-state index in [1.54, 1.807) is 29.2 Å². The first-order valence-electron chi connectivity index (χ1n) is 11.4. The number of halogens is 1. The van der Waals surface area contributed by atoms with Crippen LogP contribution in [0.25, 0.3) is 11.1 Å². The quantitative estimate of drug-likeness (QED) is 0.652. The van der Waals surface area contributed by atoms with Gasteiger partial charge in [0.25, 0.3) is 5.91 Å². The predicted octanol–water partition coefficient (Wildman–Crippen LogP) is 3.15. The molecule has 35 heavy (non-hydrogen) atoms. The summed E-state index contributed by atoms with van der Waals surface area (Å²) >= 11 is 0.